The van der Waals surface area contributed by atoms with Crippen LogP contribution in [0.4, 0.5) is 0 Å². The molecule has 2 atom stereocenters. The number of carboxylic acid groups (broad SMARTS) is 1. The van der Waals surface area contributed by atoms with Crippen molar-refractivity contribution in [3.8, 4) is 0 Å². The first-order valence-electron chi connectivity index (χ1n) is 13.8. The summed E-state index contributed by atoms with van der Waals surface area (Å²) in [6.07, 6.45) is 12.4. The molecule has 38 heavy (non-hydrogen) atoms. The van der Waals surface area contributed by atoms with Crippen LogP contribution in [-0.4, -0.2) is 63.5 Å². The fraction of sp³-hybridized carbons (Fsp3) is 0.815. The van der Waals surface area contributed by atoms with Crippen molar-refractivity contribution >= 4 is 29.8 Å². The van der Waals surface area contributed by atoms with E-state index in [1.54, 1.807) is 0 Å². The molecule has 0 aliphatic rings. The zero-order valence-corrected chi connectivity index (χ0v) is 22.6. The monoisotopic (exact) mass is 545 g/mol. The van der Waals surface area contributed by atoms with E-state index in [4.69, 9.17) is 10.2 Å². The number of aliphatic hydroxyl groups is 3. The second kappa shape index (κ2) is 21.6. The molecule has 0 aromatic rings. The molecule has 2 unspecified atom stereocenters. The second-order valence-corrected chi connectivity index (χ2v) is 9.71. The van der Waals surface area contributed by atoms with Crippen LogP contribution in [0.1, 0.15) is 122 Å². The molecule has 0 aromatic carbocycles. The third-order valence-corrected chi connectivity index (χ3v) is 6.10. The summed E-state index contributed by atoms with van der Waals surface area (Å²) in [4.78, 5) is 58.2. The van der Waals surface area contributed by atoms with Gasteiger partial charge in [-0.2, -0.15) is 0 Å². The third-order valence-electron chi connectivity index (χ3n) is 6.10. The van der Waals surface area contributed by atoms with Crippen molar-refractivity contribution in [3.63, 3.8) is 0 Å². The van der Waals surface area contributed by atoms with Gasteiger partial charge in [0.25, 0.3) is 0 Å². The highest BCUT2D eigenvalue weighted by Crippen LogP contribution is 2.20. The van der Waals surface area contributed by atoms with Crippen LogP contribution in [0, 0.1) is 0 Å². The van der Waals surface area contributed by atoms with Crippen LogP contribution in [0.3, 0.4) is 0 Å². The van der Waals surface area contributed by atoms with E-state index in [-0.39, 0.29) is 6.42 Å². The zero-order chi connectivity index (χ0) is 28.8. The summed E-state index contributed by atoms with van der Waals surface area (Å²) in [6, 6.07) is 0. The van der Waals surface area contributed by atoms with Gasteiger partial charge in [-0.05, 0) is 6.42 Å². The van der Waals surface area contributed by atoms with Crippen molar-refractivity contribution in [3.05, 3.63) is 0 Å². The number of carboxylic acids is 1. The number of hydrogen-bond donors (Lipinski definition) is 3. The number of aliphatic hydroxyl groups excluding tert-OH is 2. The number of esters is 4. The number of ether oxygens (including phenoxy) is 2. The molecule has 0 spiro atoms. The number of unbranched alkanes of at least 4 members (excludes halogenated alkanes) is 14. The molecule has 0 amide bonds. The van der Waals surface area contributed by atoms with E-state index in [2.05, 4.69) is 16.4 Å². The Bertz CT molecular complexity index is 722. The maximum Gasteiger partial charge on any atom is 0.346 e. The van der Waals surface area contributed by atoms with Crippen LogP contribution in [0.2, 0.25) is 0 Å². The standard InChI is InChI=1S/C27H46O11/c1-2-3-4-5-6-7-8-9-10-11-12-13-14-15-16-17-23(32)37-24(33)19-27(36,18-22(30)31)26(35)38-25(34)21(29)20-28/h21,28-29,36H,2-20H2,1H3,(H,30,31)/p-1. The summed E-state index contributed by atoms with van der Waals surface area (Å²) in [7, 11) is 0. The minimum absolute atomic E-state index is 0.0749. The van der Waals surface area contributed by atoms with Crippen molar-refractivity contribution in [1.29, 1.82) is 0 Å². The van der Waals surface area contributed by atoms with E-state index < -0.39 is 61.0 Å². The minimum Gasteiger partial charge on any atom is -0.550 e. The summed E-state index contributed by atoms with van der Waals surface area (Å²) in [6.45, 7) is 1.12. The first kappa shape index (κ1) is 35.6. The van der Waals surface area contributed by atoms with Crippen LogP contribution in [-0.2, 0) is 33.4 Å². The summed E-state index contributed by atoms with van der Waals surface area (Å²) in [5.74, 6) is -7.78. The highest BCUT2D eigenvalue weighted by Gasteiger charge is 2.43. The van der Waals surface area contributed by atoms with Crippen LogP contribution in [0.5, 0.6) is 0 Å². The highest BCUT2D eigenvalue weighted by molar-refractivity contribution is 5.97. The molecule has 0 bridgehead atoms. The summed E-state index contributed by atoms with van der Waals surface area (Å²) in [5, 5.41) is 39.0. The molecule has 11 heteroatoms. The fourth-order valence-corrected chi connectivity index (χ4v) is 3.87. The number of carbonyl (C=O) groups is 5. The van der Waals surface area contributed by atoms with Crippen molar-refractivity contribution < 1.29 is 53.9 Å². The SMILES string of the molecule is CCCCCCCCCCCCCCCCCC(=O)OC(=O)CC(O)(CC(=O)[O-])C(=O)OC(=O)C(O)CO. The third kappa shape index (κ3) is 18.0. The molecular weight excluding hydrogens is 500 g/mol. The van der Waals surface area contributed by atoms with Crippen LogP contribution in [0.25, 0.3) is 0 Å². The maximum absolute atomic E-state index is 12.0. The van der Waals surface area contributed by atoms with Crippen molar-refractivity contribution in [1.82, 2.24) is 0 Å². The molecule has 0 radical (unpaired) electrons. The molecule has 11 nitrogen and oxygen atoms in total. The Morgan fingerprint density at radius 3 is 1.58 bits per heavy atom. The van der Waals surface area contributed by atoms with E-state index in [0.717, 1.165) is 25.7 Å². The smallest absolute Gasteiger partial charge is 0.346 e. The molecule has 0 fully saturated rings. The van der Waals surface area contributed by atoms with Crippen molar-refractivity contribution in [2.75, 3.05) is 6.61 Å². The fourth-order valence-electron chi connectivity index (χ4n) is 3.87. The lowest BCUT2D eigenvalue weighted by molar-refractivity contribution is -0.309. The van der Waals surface area contributed by atoms with Gasteiger partial charge in [0.2, 0.25) is 0 Å². The Morgan fingerprint density at radius 2 is 1.16 bits per heavy atom. The summed E-state index contributed by atoms with van der Waals surface area (Å²) in [5.41, 5.74) is -3.07. The van der Waals surface area contributed by atoms with E-state index in [9.17, 15) is 34.2 Å². The quantitative estimate of drug-likeness (QED) is 0.0967. The number of rotatable bonds is 23. The summed E-state index contributed by atoms with van der Waals surface area (Å²) < 4.78 is 8.65. The normalized spacial score (nSPS) is 13.4. The predicted molar refractivity (Wildman–Crippen MR) is 134 cm³/mol. The average molecular weight is 546 g/mol. The Balaban J connectivity index is 4.10. The molecule has 0 aliphatic carbocycles. The first-order chi connectivity index (χ1) is 18.1. The molecule has 0 saturated carbocycles. The van der Waals surface area contributed by atoms with Gasteiger partial charge in [0.1, 0.15) is 0 Å². The van der Waals surface area contributed by atoms with Crippen molar-refractivity contribution in [2.45, 2.75) is 134 Å². The van der Waals surface area contributed by atoms with Gasteiger partial charge < -0.3 is 34.7 Å². The van der Waals surface area contributed by atoms with Gasteiger partial charge >= 0.3 is 23.9 Å². The van der Waals surface area contributed by atoms with Gasteiger partial charge in [0.05, 0.1) is 13.0 Å². The van der Waals surface area contributed by atoms with Gasteiger partial charge in [0.15, 0.2) is 11.7 Å². The average Bonchev–Trinajstić information content (AvgIpc) is 2.84. The largest absolute Gasteiger partial charge is 0.550 e. The number of aliphatic carboxylic acids is 1. The minimum atomic E-state index is -3.07. The van der Waals surface area contributed by atoms with E-state index >= 15 is 0 Å². The predicted octanol–water partition coefficient (Wildman–Crippen LogP) is 2.00. The molecule has 220 valence electrons. The van der Waals surface area contributed by atoms with E-state index in [1.807, 2.05) is 0 Å². The topological polar surface area (TPSA) is 188 Å². The van der Waals surface area contributed by atoms with E-state index in [0.29, 0.717) is 6.42 Å². The van der Waals surface area contributed by atoms with Gasteiger partial charge in [-0.3, -0.25) is 9.59 Å². The zero-order valence-electron chi connectivity index (χ0n) is 22.6. The maximum atomic E-state index is 12.0. The van der Waals surface area contributed by atoms with Gasteiger partial charge in [-0.1, -0.05) is 96.8 Å². The lowest BCUT2D eigenvalue weighted by Crippen LogP contribution is -2.48. The van der Waals surface area contributed by atoms with Crippen LogP contribution < -0.4 is 5.11 Å². The molecule has 3 N–H and O–H groups in total. The Kier molecular flexibility index (Phi) is 20.2. The van der Waals surface area contributed by atoms with Gasteiger partial charge in [-0.25, -0.2) is 9.59 Å². The molecule has 0 aromatic heterocycles. The second-order valence-electron chi connectivity index (χ2n) is 9.71. The Morgan fingerprint density at radius 1 is 0.711 bits per heavy atom. The molecule has 0 aliphatic heterocycles. The Hall–Kier alpha value is -2.37. The van der Waals surface area contributed by atoms with E-state index in [1.165, 1.54) is 64.2 Å². The molecular formula is C27H45O11-. The van der Waals surface area contributed by atoms with Crippen LogP contribution >= 0.6 is 0 Å². The number of hydrogen-bond acceptors (Lipinski definition) is 11. The lowest BCUT2D eigenvalue weighted by atomic mass is 9.95. The molecule has 0 heterocycles. The first-order valence-corrected chi connectivity index (χ1v) is 13.8. The lowest BCUT2D eigenvalue weighted by Gasteiger charge is -2.25. The Labute approximate surface area is 224 Å². The van der Waals surface area contributed by atoms with Crippen LogP contribution in [0.15, 0.2) is 0 Å². The summed E-state index contributed by atoms with van der Waals surface area (Å²) >= 11 is 0. The molecule has 0 saturated heterocycles. The van der Waals surface area contributed by atoms with Gasteiger partial charge in [0, 0.05) is 18.8 Å². The highest BCUT2D eigenvalue weighted by atomic mass is 16.6. The molecule has 0 rings (SSSR count). The van der Waals surface area contributed by atoms with Crippen molar-refractivity contribution in [2.24, 2.45) is 0 Å². The van der Waals surface area contributed by atoms with Gasteiger partial charge in [-0.15, -0.1) is 0 Å². The number of carbonyl (C=O) groups excluding carboxylic acids is 5.